The zero-order valence-electron chi connectivity index (χ0n) is 17.2. The molecule has 0 amide bonds. The second-order valence-electron chi connectivity index (χ2n) is 7.09. The van der Waals surface area contributed by atoms with Gasteiger partial charge in [-0.1, -0.05) is 35.4 Å². The zero-order chi connectivity index (χ0) is 22.9. The fraction of sp³-hybridized carbons (Fsp3) is 0.0909. The molecule has 0 saturated carbocycles. The van der Waals surface area contributed by atoms with Crippen LogP contribution in [-0.2, 0) is 20.0 Å². The maximum absolute atomic E-state index is 13.1. The van der Waals surface area contributed by atoms with Gasteiger partial charge < -0.3 is 0 Å². The Morgan fingerprint density at radius 2 is 0.906 bits per heavy atom. The van der Waals surface area contributed by atoms with E-state index in [2.05, 4.69) is 0 Å². The van der Waals surface area contributed by atoms with Crippen molar-refractivity contribution in [2.45, 2.75) is 33.7 Å². The molecule has 0 aliphatic carbocycles. The van der Waals surface area contributed by atoms with Gasteiger partial charge in [0.25, 0.3) is 20.0 Å². The van der Waals surface area contributed by atoms with Crippen LogP contribution in [0.2, 0.25) is 0 Å². The predicted molar refractivity (Wildman–Crippen MR) is 128 cm³/mol. The highest BCUT2D eigenvalue weighted by Gasteiger charge is 2.22. The molecule has 0 N–H and O–H groups in total. The SMILES string of the molecule is Cc1ccc(S(=O)(=O)n2cccc2SSc2cccn2S(=O)(=O)c2ccc(C)cc2)cc1. The molecule has 0 atom stereocenters. The van der Waals surface area contributed by atoms with Crippen molar-refractivity contribution < 1.29 is 16.8 Å². The van der Waals surface area contributed by atoms with Crippen LogP contribution < -0.4 is 0 Å². The van der Waals surface area contributed by atoms with Crippen molar-refractivity contribution in [1.82, 2.24) is 7.94 Å². The van der Waals surface area contributed by atoms with Gasteiger partial charge in [-0.15, -0.1) is 0 Å². The highest BCUT2D eigenvalue weighted by atomic mass is 33.1. The lowest BCUT2D eigenvalue weighted by Crippen LogP contribution is -2.13. The first kappa shape index (κ1) is 22.8. The Hall–Kier alpha value is -2.40. The number of hydrogen-bond donors (Lipinski definition) is 0. The van der Waals surface area contributed by atoms with Crippen molar-refractivity contribution in [3.63, 3.8) is 0 Å². The van der Waals surface area contributed by atoms with Crippen LogP contribution in [0.3, 0.4) is 0 Å². The third-order valence-electron chi connectivity index (χ3n) is 4.72. The summed E-state index contributed by atoms with van der Waals surface area (Å²) in [4.78, 5) is 0.382. The van der Waals surface area contributed by atoms with Gasteiger partial charge in [0.05, 0.1) is 9.79 Å². The molecule has 4 rings (SSSR count). The summed E-state index contributed by atoms with van der Waals surface area (Å²) < 4.78 is 54.7. The van der Waals surface area contributed by atoms with Crippen LogP contribution in [-0.4, -0.2) is 24.8 Å². The summed E-state index contributed by atoms with van der Waals surface area (Å²) >= 11 is 0. The number of rotatable bonds is 7. The van der Waals surface area contributed by atoms with E-state index in [-0.39, 0.29) is 9.79 Å². The first-order valence-corrected chi connectivity index (χ1v) is 14.6. The third-order valence-corrected chi connectivity index (χ3v) is 10.7. The molecular weight excluding hydrogens is 485 g/mol. The number of hydrogen-bond acceptors (Lipinski definition) is 6. The smallest absolute Gasteiger partial charge is 0.235 e. The molecule has 2 heterocycles. The maximum atomic E-state index is 13.1. The van der Waals surface area contributed by atoms with Crippen molar-refractivity contribution in [1.29, 1.82) is 0 Å². The largest absolute Gasteiger partial charge is 0.268 e. The van der Waals surface area contributed by atoms with Crippen LogP contribution in [0.1, 0.15) is 11.1 Å². The van der Waals surface area contributed by atoms with Gasteiger partial charge in [-0.2, -0.15) is 0 Å². The van der Waals surface area contributed by atoms with Gasteiger partial charge in [-0.05, 0) is 84.0 Å². The molecule has 0 aliphatic heterocycles. The topological polar surface area (TPSA) is 78.1 Å². The minimum Gasteiger partial charge on any atom is -0.235 e. The van der Waals surface area contributed by atoms with Crippen LogP contribution in [0.5, 0.6) is 0 Å². The fourth-order valence-corrected chi connectivity index (χ4v) is 8.56. The molecule has 0 bridgehead atoms. The van der Waals surface area contributed by atoms with E-state index >= 15 is 0 Å². The van der Waals surface area contributed by atoms with E-state index in [1.807, 2.05) is 13.8 Å². The molecule has 0 radical (unpaired) electrons. The summed E-state index contributed by atoms with van der Waals surface area (Å²) in [5.41, 5.74) is 1.94. The molecule has 0 unspecified atom stereocenters. The lowest BCUT2D eigenvalue weighted by atomic mass is 10.2. The average molecular weight is 505 g/mol. The summed E-state index contributed by atoms with van der Waals surface area (Å²) in [6.45, 7) is 3.79. The van der Waals surface area contributed by atoms with Crippen molar-refractivity contribution >= 4 is 41.6 Å². The predicted octanol–water partition coefficient (Wildman–Crippen LogP) is 5.18. The molecule has 2 aromatic carbocycles. The minimum atomic E-state index is -3.76. The van der Waals surface area contributed by atoms with Gasteiger partial charge in [0.2, 0.25) is 0 Å². The highest BCUT2D eigenvalue weighted by Crippen LogP contribution is 2.39. The van der Waals surface area contributed by atoms with Crippen LogP contribution >= 0.6 is 21.6 Å². The van der Waals surface area contributed by atoms with E-state index in [1.165, 1.54) is 41.9 Å². The Morgan fingerprint density at radius 3 is 1.25 bits per heavy atom. The Bertz CT molecular complexity index is 1340. The normalized spacial score (nSPS) is 12.2. The van der Waals surface area contributed by atoms with Gasteiger partial charge in [-0.3, -0.25) is 0 Å². The van der Waals surface area contributed by atoms with Crippen molar-refractivity contribution in [2.75, 3.05) is 0 Å². The van der Waals surface area contributed by atoms with Crippen LogP contribution in [0.15, 0.2) is 105 Å². The Labute approximate surface area is 195 Å². The van der Waals surface area contributed by atoms with Crippen LogP contribution in [0, 0.1) is 13.8 Å². The third kappa shape index (κ3) is 4.40. The van der Waals surface area contributed by atoms with E-state index in [1.54, 1.807) is 72.8 Å². The highest BCUT2D eigenvalue weighted by molar-refractivity contribution is 8.76. The van der Waals surface area contributed by atoms with Crippen molar-refractivity contribution in [3.05, 3.63) is 96.3 Å². The molecule has 166 valence electrons. The second-order valence-corrected chi connectivity index (χ2v) is 12.9. The van der Waals surface area contributed by atoms with Gasteiger partial charge in [-0.25, -0.2) is 24.8 Å². The molecular formula is C22H20N2O4S4. The molecule has 0 aliphatic rings. The summed E-state index contributed by atoms with van der Waals surface area (Å²) in [5.74, 6) is 0. The van der Waals surface area contributed by atoms with E-state index in [4.69, 9.17) is 0 Å². The van der Waals surface area contributed by atoms with Crippen LogP contribution in [0.4, 0.5) is 0 Å². The first-order chi connectivity index (χ1) is 15.2. The van der Waals surface area contributed by atoms with Gasteiger partial charge in [0.15, 0.2) is 0 Å². The summed E-state index contributed by atoms with van der Waals surface area (Å²) in [6, 6.07) is 20.0. The lowest BCUT2D eigenvalue weighted by molar-refractivity contribution is 0.582. The monoisotopic (exact) mass is 504 g/mol. The molecule has 2 aromatic heterocycles. The molecule has 0 fully saturated rings. The lowest BCUT2D eigenvalue weighted by Gasteiger charge is -2.12. The molecule has 32 heavy (non-hydrogen) atoms. The second kappa shape index (κ2) is 8.86. The average Bonchev–Trinajstić information content (AvgIpc) is 3.43. The summed E-state index contributed by atoms with van der Waals surface area (Å²) in [5, 5.41) is 0.937. The van der Waals surface area contributed by atoms with Gasteiger partial charge in [0.1, 0.15) is 10.1 Å². The molecule has 6 nitrogen and oxygen atoms in total. The molecule has 0 saturated heterocycles. The molecule has 10 heteroatoms. The minimum absolute atomic E-state index is 0.191. The fourth-order valence-electron chi connectivity index (χ4n) is 2.96. The van der Waals surface area contributed by atoms with Gasteiger partial charge >= 0.3 is 0 Å². The van der Waals surface area contributed by atoms with Crippen molar-refractivity contribution in [3.8, 4) is 0 Å². The number of aryl methyl sites for hydroxylation is 2. The summed E-state index contributed by atoms with van der Waals surface area (Å²) in [7, 11) is -5.17. The van der Waals surface area contributed by atoms with Crippen LogP contribution in [0.25, 0.3) is 0 Å². The van der Waals surface area contributed by atoms with E-state index in [0.717, 1.165) is 11.1 Å². The Morgan fingerprint density at radius 1 is 0.562 bits per heavy atom. The quantitative estimate of drug-likeness (QED) is 0.323. The number of aromatic nitrogens is 2. The van der Waals surface area contributed by atoms with E-state index in [9.17, 15) is 16.8 Å². The Kier molecular flexibility index (Phi) is 6.30. The van der Waals surface area contributed by atoms with Crippen molar-refractivity contribution in [2.24, 2.45) is 0 Å². The number of benzene rings is 2. The van der Waals surface area contributed by atoms with E-state index < -0.39 is 20.0 Å². The standard InChI is InChI=1S/C22H20N2O4S4/c1-17-7-11-19(12-8-17)31(25,26)23-15-3-5-21(23)29-30-22-6-4-16-24(22)32(27,28)20-13-9-18(2)10-14-20/h3-16H,1-2H3. The maximum Gasteiger partial charge on any atom is 0.268 e. The summed E-state index contributed by atoms with van der Waals surface area (Å²) in [6.07, 6.45) is 2.97. The zero-order valence-corrected chi connectivity index (χ0v) is 20.5. The van der Waals surface area contributed by atoms with Gasteiger partial charge in [0, 0.05) is 12.4 Å². The first-order valence-electron chi connectivity index (χ1n) is 9.53. The molecule has 4 aromatic rings. The molecule has 0 spiro atoms. The number of nitrogens with zero attached hydrogens (tertiary/aromatic N) is 2. The van der Waals surface area contributed by atoms with E-state index in [0.29, 0.717) is 10.1 Å². The Balaban J connectivity index is 1.60.